The van der Waals surface area contributed by atoms with E-state index in [9.17, 15) is 14.7 Å². The van der Waals surface area contributed by atoms with Gasteiger partial charge in [-0.15, -0.1) is 0 Å². The SMILES string of the molecule is COCC1(C(=O)O)CCCN(C(=O)c2cn(-c3ccc(Cl)cc3)nc2C)C1. The van der Waals surface area contributed by atoms with Gasteiger partial charge in [-0.2, -0.15) is 5.10 Å². The van der Waals surface area contributed by atoms with Gasteiger partial charge in [0.05, 0.1) is 23.6 Å². The number of carbonyl (C=O) groups excluding carboxylic acids is 1. The standard InChI is InChI=1S/C19H22ClN3O4/c1-13-16(10-23(21-13)15-6-4-14(20)5-7-15)17(24)22-9-3-8-19(11-22,12-27-2)18(25)26/h4-7,10H,3,8-9,11-12H2,1-2H3,(H,25,26). The normalized spacial score (nSPS) is 19.9. The van der Waals surface area contributed by atoms with Crippen LogP contribution in [0, 0.1) is 12.3 Å². The fourth-order valence-electron chi connectivity index (χ4n) is 3.50. The number of halogens is 1. The Hall–Kier alpha value is -2.38. The monoisotopic (exact) mass is 391 g/mol. The van der Waals surface area contributed by atoms with Crippen molar-refractivity contribution in [2.45, 2.75) is 19.8 Å². The molecule has 1 aliphatic heterocycles. The van der Waals surface area contributed by atoms with E-state index in [2.05, 4.69) is 5.10 Å². The molecule has 1 aromatic heterocycles. The number of aryl methyl sites for hydroxylation is 1. The zero-order chi connectivity index (χ0) is 19.6. The number of carboxylic acid groups (broad SMARTS) is 1. The molecule has 8 heteroatoms. The maximum absolute atomic E-state index is 13.1. The Kier molecular flexibility index (Phi) is 5.53. The van der Waals surface area contributed by atoms with Crippen LogP contribution >= 0.6 is 11.6 Å². The van der Waals surface area contributed by atoms with Gasteiger partial charge in [-0.3, -0.25) is 9.59 Å². The molecule has 1 aliphatic rings. The number of benzene rings is 1. The van der Waals surface area contributed by atoms with Crippen LogP contribution < -0.4 is 0 Å². The van der Waals surface area contributed by atoms with Gasteiger partial charge in [-0.1, -0.05) is 11.6 Å². The first-order chi connectivity index (χ1) is 12.9. The van der Waals surface area contributed by atoms with Crippen LogP contribution in [0.5, 0.6) is 0 Å². The Bertz CT molecular complexity index is 845. The van der Waals surface area contributed by atoms with Gasteiger partial charge >= 0.3 is 5.97 Å². The molecule has 0 bridgehead atoms. The number of carboxylic acids is 1. The summed E-state index contributed by atoms with van der Waals surface area (Å²) in [5.41, 5.74) is 0.777. The third kappa shape index (κ3) is 3.84. The molecule has 1 aromatic carbocycles. The zero-order valence-electron chi connectivity index (χ0n) is 15.3. The molecule has 1 N–H and O–H groups in total. The summed E-state index contributed by atoms with van der Waals surface area (Å²) in [5, 5.41) is 14.7. The van der Waals surface area contributed by atoms with Crippen molar-refractivity contribution >= 4 is 23.5 Å². The summed E-state index contributed by atoms with van der Waals surface area (Å²) in [7, 11) is 1.48. The lowest BCUT2D eigenvalue weighted by atomic mass is 9.80. The van der Waals surface area contributed by atoms with E-state index in [1.54, 1.807) is 34.8 Å². The number of rotatable bonds is 5. The average Bonchev–Trinajstić information content (AvgIpc) is 3.03. The molecule has 1 fully saturated rings. The molecule has 7 nitrogen and oxygen atoms in total. The lowest BCUT2D eigenvalue weighted by Gasteiger charge is -2.39. The van der Waals surface area contributed by atoms with Crippen LogP contribution in [0.3, 0.4) is 0 Å². The maximum Gasteiger partial charge on any atom is 0.313 e. The Morgan fingerprint density at radius 3 is 2.67 bits per heavy atom. The second-order valence-electron chi connectivity index (χ2n) is 6.90. The molecule has 1 unspecified atom stereocenters. The van der Waals surface area contributed by atoms with Crippen LogP contribution in [-0.2, 0) is 9.53 Å². The summed E-state index contributed by atoms with van der Waals surface area (Å²) < 4.78 is 6.76. The summed E-state index contributed by atoms with van der Waals surface area (Å²) in [6, 6.07) is 7.15. The van der Waals surface area contributed by atoms with Gasteiger partial charge in [-0.05, 0) is 44.0 Å². The molecule has 3 rings (SSSR count). The second-order valence-corrected chi connectivity index (χ2v) is 7.33. The summed E-state index contributed by atoms with van der Waals surface area (Å²) >= 11 is 5.92. The molecule has 1 amide bonds. The molecule has 27 heavy (non-hydrogen) atoms. The van der Waals surface area contributed by atoms with Crippen molar-refractivity contribution < 1.29 is 19.4 Å². The summed E-state index contributed by atoms with van der Waals surface area (Å²) in [6.07, 6.45) is 2.78. The number of aliphatic carboxylic acids is 1. The highest BCUT2D eigenvalue weighted by Crippen LogP contribution is 2.32. The Morgan fingerprint density at radius 2 is 2.04 bits per heavy atom. The smallest absolute Gasteiger partial charge is 0.313 e. The minimum atomic E-state index is -1.07. The highest BCUT2D eigenvalue weighted by molar-refractivity contribution is 6.30. The lowest BCUT2D eigenvalue weighted by Crippen LogP contribution is -2.52. The van der Waals surface area contributed by atoms with Crippen LogP contribution in [0.25, 0.3) is 5.69 Å². The molecule has 0 spiro atoms. The first-order valence-corrected chi connectivity index (χ1v) is 9.08. The van der Waals surface area contributed by atoms with E-state index in [4.69, 9.17) is 16.3 Å². The van der Waals surface area contributed by atoms with Crippen LogP contribution in [-0.4, -0.2) is 58.5 Å². The number of methoxy groups -OCH3 is 1. The van der Waals surface area contributed by atoms with Crippen molar-refractivity contribution in [3.63, 3.8) is 0 Å². The highest BCUT2D eigenvalue weighted by atomic mass is 35.5. The van der Waals surface area contributed by atoms with Crippen molar-refractivity contribution in [1.82, 2.24) is 14.7 Å². The van der Waals surface area contributed by atoms with Crippen molar-refractivity contribution in [1.29, 1.82) is 0 Å². The Labute approximate surface area is 162 Å². The van der Waals surface area contributed by atoms with E-state index < -0.39 is 11.4 Å². The predicted octanol–water partition coefficient (Wildman–Crippen LogP) is 2.79. The van der Waals surface area contributed by atoms with Gasteiger partial charge < -0.3 is 14.7 Å². The first-order valence-electron chi connectivity index (χ1n) is 8.70. The lowest BCUT2D eigenvalue weighted by molar-refractivity contribution is -0.155. The third-order valence-corrected chi connectivity index (χ3v) is 5.21. The number of amides is 1. The van der Waals surface area contributed by atoms with E-state index in [-0.39, 0.29) is 19.1 Å². The Balaban J connectivity index is 1.85. The third-order valence-electron chi connectivity index (χ3n) is 4.96. The van der Waals surface area contributed by atoms with Crippen molar-refractivity contribution in [2.24, 2.45) is 5.41 Å². The topological polar surface area (TPSA) is 84.7 Å². The number of hydrogen-bond acceptors (Lipinski definition) is 4. The molecule has 2 aromatic rings. The fourth-order valence-corrected chi connectivity index (χ4v) is 3.63. The first kappa shape index (κ1) is 19.4. The maximum atomic E-state index is 13.1. The van der Waals surface area contributed by atoms with E-state index in [1.165, 1.54) is 7.11 Å². The molecule has 0 aliphatic carbocycles. The average molecular weight is 392 g/mol. The van der Waals surface area contributed by atoms with Crippen LogP contribution in [0.4, 0.5) is 0 Å². The molecular weight excluding hydrogens is 370 g/mol. The second kappa shape index (κ2) is 7.70. The molecule has 1 atom stereocenters. The van der Waals surface area contributed by atoms with Crippen molar-refractivity contribution in [2.75, 3.05) is 26.8 Å². The van der Waals surface area contributed by atoms with E-state index in [0.717, 1.165) is 5.69 Å². The predicted molar refractivity (Wildman–Crippen MR) is 100 cm³/mol. The number of piperidine rings is 1. The molecular formula is C19H22ClN3O4. The zero-order valence-corrected chi connectivity index (χ0v) is 16.1. The minimum absolute atomic E-state index is 0.0785. The van der Waals surface area contributed by atoms with Gasteiger partial charge in [0, 0.05) is 31.4 Å². The van der Waals surface area contributed by atoms with Crippen LogP contribution in [0.1, 0.15) is 28.9 Å². The minimum Gasteiger partial charge on any atom is -0.481 e. The van der Waals surface area contributed by atoms with Crippen molar-refractivity contribution in [3.8, 4) is 5.69 Å². The van der Waals surface area contributed by atoms with Gasteiger partial charge in [0.2, 0.25) is 0 Å². The fraction of sp³-hybridized carbons (Fsp3) is 0.421. The number of aromatic nitrogens is 2. The molecule has 1 saturated heterocycles. The summed E-state index contributed by atoms with van der Waals surface area (Å²) in [5.74, 6) is -1.15. The van der Waals surface area contributed by atoms with E-state index in [1.807, 2.05) is 12.1 Å². The van der Waals surface area contributed by atoms with Crippen LogP contribution in [0.15, 0.2) is 30.5 Å². The van der Waals surface area contributed by atoms with Gasteiger partial charge in [0.25, 0.3) is 5.91 Å². The quantitative estimate of drug-likeness (QED) is 0.847. The number of nitrogens with zero attached hydrogens (tertiary/aromatic N) is 3. The number of carbonyl (C=O) groups is 2. The Morgan fingerprint density at radius 1 is 1.33 bits per heavy atom. The molecule has 2 heterocycles. The van der Waals surface area contributed by atoms with Crippen LogP contribution in [0.2, 0.25) is 5.02 Å². The molecule has 0 saturated carbocycles. The van der Waals surface area contributed by atoms with Gasteiger partial charge in [0.15, 0.2) is 0 Å². The van der Waals surface area contributed by atoms with E-state index in [0.29, 0.717) is 35.7 Å². The van der Waals surface area contributed by atoms with Gasteiger partial charge in [0.1, 0.15) is 5.41 Å². The van der Waals surface area contributed by atoms with E-state index >= 15 is 0 Å². The number of likely N-dealkylation sites (tertiary alicyclic amines) is 1. The molecule has 0 radical (unpaired) electrons. The number of hydrogen-bond donors (Lipinski definition) is 1. The number of ether oxygens (including phenoxy) is 1. The van der Waals surface area contributed by atoms with Gasteiger partial charge in [-0.25, -0.2) is 4.68 Å². The summed E-state index contributed by atoms with van der Waals surface area (Å²) in [6.45, 7) is 2.49. The molecule has 144 valence electrons. The largest absolute Gasteiger partial charge is 0.481 e. The summed E-state index contributed by atoms with van der Waals surface area (Å²) in [4.78, 5) is 26.5. The highest BCUT2D eigenvalue weighted by Gasteiger charge is 2.44. The van der Waals surface area contributed by atoms with Crippen molar-refractivity contribution in [3.05, 3.63) is 46.7 Å².